The third-order valence-corrected chi connectivity index (χ3v) is 6.73. The summed E-state index contributed by atoms with van der Waals surface area (Å²) in [6.07, 6.45) is 6.84. The molecule has 4 heteroatoms. The van der Waals surface area contributed by atoms with E-state index in [1.165, 1.54) is 6.42 Å². The zero-order valence-corrected chi connectivity index (χ0v) is 9.20. The summed E-state index contributed by atoms with van der Waals surface area (Å²) in [6, 6.07) is -2.41. The minimum Gasteiger partial charge on any atom is -0.126 e. The van der Waals surface area contributed by atoms with Crippen molar-refractivity contribution in [2.45, 2.75) is 18.4 Å². The number of allylic oxidation sites excluding steroid dienone is 2. The van der Waals surface area contributed by atoms with Gasteiger partial charge in [0.15, 0.2) is 0 Å². The molecule has 0 saturated heterocycles. The van der Waals surface area contributed by atoms with E-state index in [1.807, 2.05) is 0 Å². The Balaban J connectivity index is 2.15. The zero-order valence-electron chi connectivity index (χ0n) is 5.93. The van der Waals surface area contributed by atoms with Gasteiger partial charge in [-0.1, -0.05) is 12.2 Å². The Bertz CT molecular complexity index is 196. The monoisotopic (exact) mass is 226 g/mol. The maximum atomic E-state index is 5.97. The third-order valence-electron chi connectivity index (χ3n) is 2.70. The Kier molecular flexibility index (Phi) is 2.04. The van der Waals surface area contributed by atoms with Crippen LogP contribution in [0.5, 0.6) is 0 Å². The standard InChI is InChI=1S/C7H9Cl3Si/c8-11(9,10)7-4-5-1-2-6(7)3-5/h1-2,5-7H,3-4H2/t5-,6-,7+/m0/s1. The number of hydrogen-bond donors (Lipinski definition) is 0. The topological polar surface area (TPSA) is 0 Å². The van der Waals surface area contributed by atoms with Crippen molar-refractivity contribution >= 4 is 39.2 Å². The van der Waals surface area contributed by atoms with Gasteiger partial charge in [-0.2, -0.15) is 0 Å². The Morgan fingerprint density at radius 1 is 1.09 bits per heavy atom. The Hall–Kier alpha value is 0.827. The SMILES string of the molecule is Cl[Si](Cl)(Cl)[C@@H]1C[C@H]2C=C[C@H]1C2. The van der Waals surface area contributed by atoms with E-state index >= 15 is 0 Å². The minimum atomic E-state index is -2.41. The first-order valence-electron chi connectivity index (χ1n) is 3.82. The highest BCUT2D eigenvalue weighted by atomic mass is 35.8. The lowest BCUT2D eigenvalue weighted by Crippen LogP contribution is -2.23. The quantitative estimate of drug-likeness (QED) is 0.365. The second-order valence-electron chi connectivity index (χ2n) is 3.43. The molecule has 0 N–H and O–H groups in total. The average Bonchev–Trinajstić information content (AvgIpc) is 2.42. The Labute approximate surface area is 81.6 Å². The van der Waals surface area contributed by atoms with Crippen molar-refractivity contribution < 1.29 is 0 Å². The smallest absolute Gasteiger partial charge is 0.126 e. The molecule has 0 aromatic rings. The summed E-state index contributed by atoms with van der Waals surface area (Å²) in [5.41, 5.74) is 0.391. The minimum absolute atomic E-state index is 0.391. The summed E-state index contributed by atoms with van der Waals surface area (Å²) in [4.78, 5) is 0. The molecule has 2 rings (SSSR count). The fourth-order valence-corrected chi connectivity index (χ4v) is 5.72. The number of rotatable bonds is 1. The lowest BCUT2D eigenvalue weighted by molar-refractivity contribution is 0.689. The Morgan fingerprint density at radius 3 is 2.09 bits per heavy atom. The molecule has 0 aliphatic heterocycles. The molecule has 1 fully saturated rings. The predicted molar refractivity (Wildman–Crippen MR) is 52.4 cm³/mol. The van der Waals surface area contributed by atoms with E-state index < -0.39 is 6.00 Å². The highest BCUT2D eigenvalue weighted by molar-refractivity contribution is 7.65. The zero-order chi connectivity index (χ0) is 8.06. The summed E-state index contributed by atoms with van der Waals surface area (Å²) in [5.74, 6) is 1.30. The van der Waals surface area contributed by atoms with Crippen LogP contribution in [0.4, 0.5) is 0 Å². The first-order chi connectivity index (χ1) is 5.07. The first-order valence-corrected chi connectivity index (χ1v) is 8.93. The fourth-order valence-electron chi connectivity index (χ4n) is 2.16. The molecular formula is C7H9Cl3Si. The first kappa shape index (κ1) is 8.43. The average molecular weight is 228 g/mol. The van der Waals surface area contributed by atoms with Crippen LogP contribution in [0.1, 0.15) is 12.8 Å². The van der Waals surface area contributed by atoms with Crippen molar-refractivity contribution in [2.24, 2.45) is 11.8 Å². The summed E-state index contributed by atoms with van der Waals surface area (Å²) < 4.78 is 0. The van der Waals surface area contributed by atoms with Crippen LogP contribution in [-0.4, -0.2) is 6.00 Å². The molecule has 11 heavy (non-hydrogen) atoms. The van der Waals surface area contributed by atoms with Gasteiger partial charge in [-0.3, -0.25) is 0 Å². The van der Waals surface area contributed by atoms with Crippen molar-refractivity contribution in [3.8, 4) is 0 Å². The van der Waals surface area contributed by atoms with Gasteiger partial charge >= 0.3 is 6.00 Å². The number of fused-ring (bicyclic) bond motifs is 2. The molecule has 2 bridgehead atoms. The molecule has 1 saturated carbocycles. The maximum Gasteiger partial charge on any atom is 0.344 e. The van der Waals surface area contributed by atoms with Gasteiger partial charge in [0.25, 0.3) is 0 Å². The summed E-state index contributed by atoms with van der Waals surface area (Å²) in [6.45, 7) is 0. The molecule has 0 nitrogen and oxygen atoms in total. The van der Waals surface area contributed by atoms with E-state index in [1.54, 1.807) is 0 Å². The summed E-state index contributed by atoms with van der Waals surface area (Å²) >= 11 is 17.9. The Morgan fingerprint density at radius 2 is 1.82 bits per heavy atom. The van der Waals surface area contributed by atoms with E-state index in [4.69, 9.17) is 33.2 Å². The second-order valence-corrected chi connectivity index (χ2v) is 12.4. The molecule has 0 aromatic heterocycles. The van der Waals surface area contributed by atoms with Gasteiger partial charge in [0.2, 0.25) is 0 Å². The number of hydrogen-bond acceptors (Lipinski definition) is 0. The van der Waals surface area contributed by atoms with Gasteiger partial charge < -0.3 is 0 Å². The molecule has 0 amide bonds. The van der Waals surface area contributed by atoms with Gasteiger partial charge in [-0.25, -0.2) is 0 Å². The second kappa shape index (κ2) is 2.66. The molecule has 3 atom stereocenters. The number of halogens is 3. The van der Waals surface area contributed by atoms with E-state index in [0.717, 1.165) is 6.42 Å². The van der Waals surface area contributed by atoms with Crippen LogP contribution < -0.4 is 0 Å². The molecule has 0 aromatic carbocycles. The fraction of sp³-hybridized carbons (Fsp3) is 0.714. The molecule has 62 valence electrons. The molecule has 0 heterocycles. The third kappa shape index (κ3) is 1.49. The van der Waals surface area contributed by atoms with Crippen LogP contribution in [0.15, 0.2) is 12.2 Å². The van der Waals surface area contributed by atoms with Crippen LogP contribution in [0.25, 0.3) is 0 Å². The van der Waals surface area contributed by atoms with Gasteiger partial charge in [0.1, 0.15) is 0 Å². The molecule has 0 unspecified atom stereocenters. The van der Waals surface area contributed by atoms with Crippen LogP contribution >= 0.6 is 33.2 Å². The van der Waals surface area contributed by atoms with Gasteiger partial charge in [-0.15, -0.1) is 33.2 Å². The molecule has 0 radical (unpaired) electrons. The molecular weight excluding hydrogens is 219 g/mol. The summed E-state index contributed by atoms with van der Waals surface area (Å²) in [5, 5.41) is 0. The lowest BCUT2D eigenvalue weighted by Gasteiger charge is -2.22. The highest BCUT2D eigenvalue weighted by Gasteiger charge is 2.48. The van der Waals surface area contributed by atoms with Crippen molar-refractivity contribution in [2.75, 3.05) is 0 Å². The lowest BCUT2D eigenvalue weighted by atomic mass is 10.1. The van der Waals surface area contributed by atoms with Crippen LogP contribution in [0, 0.1) is 11.8 Å². The molecule has 2 aliphatic rings. The molecule has 2 aliphatic carbocycles. The highest BCUT2D eigenvalue weighted by Crippen LogP contribution is 2.55. The maximum absolute atomic E-state index is 5.97. The predicted octanol–water partition coefficient (Wildman–Crippen LogP) is 3.61. The van der Waals surface area contributed by atoms with E-state index in [9.17, 15) is 0 Å². The molecule has 0 spiro atoms. The van der Waals surface area contributed by atoms with Gasteiger partial charge in [0.05, 0.1) is 0 Å². The van der Waals surface area contributed by atoms with Gasteiger partial charge in [0, 0.05) is 5.54 Å². The van der Waals surface area contributed by atoms with Crippen LogP contribution in [0.3, 0.4) is 0 Å². The van der Waals surface area contributed by atoms with Crippen molar-refractivity contribution in [3.05, 3.63) is 12.2 Å². The van der Waals surface area contributed by atoms with Crippen molar-refractivity contribution in [3.63, 3.8) is 0 Å². The van der Waals surface area contributed by atoms with Crippen LogP contribution in [-0.2, 0) is 0 Å². The van der Waals surface area contributed by atoms with Gasteiger partial charge in [-0.05, 0) is 24.7 Å². The largest absolute Gasteiger partial charge is 0.344 e. The summed E-state index contributed by atoms with van der Waals surface area (Å²) in [7, 11) is 0. The van der Waals surface area contributed by atoms with E-state index in [0.29, 0.717) is 17.4 Å². The van der Waals surface area contributed by atoms with Crippen molar-refractivity contribution in [1.29, 1.82) is 0 Å². The van der Waals surface area contributed by atoms with E-state index in [-0.39, 0.29) is 0 Å². The normalized spacial score (nSPS) is 41.9. The van der Waals surface area contributed by atoms with E-state index in [2.05, 4.69) is 12.2 Å². The van der Waals surface area contributed by atoms with Crippen LogP contribution in [0.2, 0.25) is 5.54 Å². The van der Waals surface area contributed by atoms with Crippen molar-refractivity contribution in [1.82, 2.24) is 0 Å².